The van der Waals surface area contributed by atoms with Gasteiger partial charge in [0.25, 0.3) is 0 Å². The summed E-state index contributed by atoms with van der Waals surface area (Å²) in [6, 6.07) is 12.7. The van der Waals surface area contributed by atoms with Crippen LogP contribution in [0.1, 0.15) is 17.2 Å². The zero-order valence-corrected chi connectivity index (χ0v) is 11.0. The molecule has 0 aliphatic rings. The Morgan fingerprint density at radius 3 is 2.44 bits per heavy atom. The first kappa shape index (κ1) is 13.1. The molecule has 0 fully saturated rings. The van der Waals surface area contributed by atoms with E-state index in [1.165, 1.54) is 0 Å². The predicted molar refractivity (Wildman–Crippen MR) is 73.0 cm³/mol. The van der Waals surface area contributed by atoms with Crippen molar-refractivity contribution in [1.29, 1.82) is 0 Å². The van der Waals surface area contributed by atoms with E-state index in [1.807, 2.05) is 30.3 Å². The lowest BCUT2D eigenvalue weighted by Gasteiger charge is -2.12. The number of rotatable bonds is 4. The van der Waals surface area contributed by atoms with Gasteiger partial charge in [-0.2, -0.15) is 0 Å². The van der Waals surface area contributed by atoms with Crippen LogP contribution in [0.25, 0.3) is 0 Å². The normalized spacial score (nSPS) is 12.1. The van der Waals surface area contributed by atoms with Crippen LogP contribution < -0.4 is 0 Å². The van der Waals surface area contributed by atoms with Crippen molar-refractivity contribution in [2.24, 2.45) is 0 Å². The number of halogens is 2. The smallest absolute Gasteiger partial charge is 0.229 e. The van der Waals surface area contributed by atoms with Crippen molar-refractivity contribution in [3.63, 3.8) is 0 Å². The molecule has 0 saturated heterocycles. The van der Waals surface area contributed by atoms with Gasteiger partial charge in [-0.25, -0.2) is 0 Å². The van der Waals surface area contributed by atoms with Crippen LogP contribution in [-0.2, 0) is 11.2 Å². The average Bonchev–Trinajstić information content (AvgIpc) is 2.38. The Labute approximate surface area is 116 Å². The molecule has 0 N–H and O–H groups in total. The minimum absolute atomic E-state index is 0.386. The molecule has 1 atom stereocenters. The molecule has 1 aromatic heterocycles. The van der Waals surface area contributed by atoms with Crippen LogP contribution in [0.5, 0.6) is 0 Å². The Bertz CT molecular complexity index is 525. The van der Waals surface area contributed by atoms with Crippen molar-refractivity contribution in [3.05, 3.63) is 64.9 Å². The minimum Gasteiger partial charge on any atom is -0.281 e. The van der Waals surface area contributed by atoms with Crippen LogP contribution in [0, 0.1) is 0 Å². The Morgan fingerprint density at radius 1 is 1.17 bits per heavy atom. The molecule has 0 amide bonds. The topological polar surface area (TPSA) is 30.0 Å². The number of nitrogens with zero attached hydrogens (tertiary/aromatic N) is 1. The van der Waals surface area contributed by atoms with Gasteiger partial charge < -0.3 is 0 Å². The highest BCUT2D eigenvalue weighted by atomic mass is 35.5. The monoisotopic (exact) mass is 279 g/mol. The summed E-state index contributed by atoms with van der Waals surface area (Å²) in [5, 5.41) is 0.250. The molecular weight excluding hydrogens is 269 g/mol. The maximum Gasteiger partial charge on any atom is 0.229 e. The molecule has 2 aromatic rings. The van der Waals surface area contributed by atoms with Gasteiger partial charge in [0.2, 0.25) is 5.24 Å². The van der Waals surface area contributed by atoms with Gasteiger partial charge in [0, 0.05) is 23.3 Å². The van der Waals surface area contributed by atoms with E-state index in [-0.39, 0.29) is 11.2 Å². The second kappa shape index (κ2) is 5.98. The number of carbonyl (C=O) groups excluding carboxylic acids is 1. The van der Waals surface area contributed by atoms with E-state index in [2.05, 4.69) is 4.98 Å². The lowest BCUT2D eigenvalue weighted by molar-refractivity contribution is -0.113. The van der Waals surface area contributed by atoms with Crippen molar-refractivity contribution in [1.82, 2.24) is 4.98 Å². The van der Waals surface area contributed by atoms with E-state index >= 15 is 0 Å². The first-order valence-corrected chi connectivity index (χ1v) is 6.27. The first-order valence-electron chi connectivity index (χ1n) is 5.51. The van der Waals surface area contributed by atoms with Crippen molar-refractivity contribution in [2.45, 2.75) is 12.3 Å². The number of benzene rings is 1. The fourth-order valence-electron chi connectivity index (χ4n) is 1.75. The fraction of sp³-hybridized carbons (Fsp3) is 0.143. The van der Waals surface area contributed by atoms with E-state index in [1.54, 1.807) is 18.3 Å². The molecule has 18 heavy (non-hydrogen) atoms. The predicted octanol–water partition coefficient (Wildman–Crippen LogP) is 3.83. The molecule has 1 heterocycles. The zero-order valence-electron chi connectivity index (χ0n) is 9.51. The zero-order chi connectivity index (χ0) is 13.0. The van der Waals surface area contributed by atoms with Crippen molar-refractivity contribution in [2.75, 3.05) is 0 Å². The second-order valence-corrected chi connectivity index (χ2v) is 4.74. The standard InChI is InChI=1S/C14H11Cl2NO/c15-11-6-4-10(5-7-11)13(14(16)18)9-12-3-1-2-8-17-12/h1-8,13H,9H2. The molecule has 0 saturated carbocycles. The molecule has 0 aliphatic carbocycles. The summed E-state index contributed by atoms with van der Waals surface area (Å²) in [5.41, 5.74) is 1.69. The van der Waals surface area contributed by atoms with Crippen LogP contribution in [0.15, 0.2) is 48.7 Å². The molecular formula is C14H11Cl2NO. The molecule has 4 heteroatoms. The third-order valence-electron chi connectivity index (χ3n) is 2.69. The highest BCUT2D eigenvalue weighted by Crippen LogP contribution is 2.24. The summed E-state index contributed by atoms with van der Waals surface area (Å²) in [4.78, 5) is 15.7. The summed E-state index contributed by atoms with van der Waals surface area (Å²) in [7, 11) is 0. The summed E-state index contributed by atoms with van der Waals surface area (Å²) in [6.07, 6.45) is 2.19. The van der Waals surface area contributed by atoms with Gasteiger partial charge in [0.1, 0.15) is 0 Å². The van der Waals surface area contributed by atoms with Gasteiger partial charge in [-0.3, -0.25) is 9.78 Å². The van der Waals surface area contributed by atoms with E-state index in [0.29, 0.717) is 11.4 Å². The molecule has 0 radical (unpaired) electrons. The third kappa shape index (κ3) is 3.31. The highest BCUT2D eigenvalue weighted by molar-refractivity contribution is 6.64. The molecule has 2 nitrogen and oxygen atoms in total. The maximum atomic E-state index is 11.5. The van der Waals surface area contributed by atoms with Gasteiger partial charge in [-0.15, -0.1) is 0 Å². The summed E-state index contributed by atoms with van der Waals surface area (Å²) >= 11 is 11.5. The summed E-state index contributed by atoms with van der Waals surface area (Å²) < 4.78 is 0. The average molecular weight is 280 g/mol. The van der Waals surface area contributed by atoms with Crippen molar-refractivity contribution in [3.8, 4) is 0 Å². The molecule has 0 aliphatic heterocycles. The number of hydrogen-bond donors (Lipinski definition) is 0. The van der Waals surface area contributed by atoms with Gasteiger partial charge in [-0.1, -0.05) is 29.8 Å². The molecule has 1 unspecified atom stereocenters. The van der Waals surface area contributed by atoms with Crippen LogP contribution in [0.3, 0.4) is 0 Å². The van der Waals surface area contributed by atoms with Gasteiger partial charge >= 0.3 is 0 Å². The third-order valence-corrected chi connectivity index (χ3v) is 3.20. The fourth-order valence-corrected chi connectivity index (χ4v) is 2.08. The van der Waals surface area contributed by atoms with Gasteiger partial charge in [0.15, 0.2) is 0 Å². The quantitative estimate of drug-likeness (QED) is 0.797. The summed E-state index contributed by atoms with van der Waals surface area (Å²) in [6.45, 7) is 0. The van der Waals surface area contributed by atoms with Gasteiger partial charge in [-0.05, 0) is 41.4 Å². The number of carbonyl (C=O) groups is 1. The van der Waals surface area contributed by atoms with Crippen molar-refractivity contribution < 1.29 is 4.79 Å². The van der Waals surface area contributed by atoms with Crippen molar-refractivity contribution >= 4 is 28.4 Å². The second-order valence-electron chi connectivity index (χ2n) is 3.93. The lowest BCUT2D eigenvalue weighted by atomic mass is 9.95. The van der Waals surface area contributed by atoms with Crippen LogP contribution in [0.4, 0.5) is 0 Å². The summed E-state index contributed by atoms with van der Waals surface area (Å²) in [5.74, 6) is -0.390. The van der Waals surface area contributed by atoms with Crippen LogP contribution in [-0.4, -0.2) is 10.2 Å². The first-order chi connectivity index (χ1) is 8.66. The molecule has 0 bridgehead atoms. The van der Waals surface area contributed by atoms with E-state index in [0.717, 1.165) is 11.3 Å². The van der Waals surface area contributed by atoms with E-state index < -0.39 is 0 Å². The Hall–Kier alpha value is -1.38. The molecule has 0 spiro atoms. The molecule has 2 rings (SSSR count). The Morgan fingerprint density at radius 2 is 1.89 bits per heavy atom. The van der Waals surface area contributed by atoms with Gasteiger partial charge in [0.05, 0.1) is 5.92 Å². The Balaban J connectivity index is 2.24. The molecule has 1 aromatic carbocycles. The highest BCUT2D eigenvalue weighted by Gasteiger charge is 2.19. The van der Waals surface area contributed by atoms with Crippen LogP contribution >= 0.6 is 23.2 Å². The Kier molecular flexibility index (Phi) is 4.34. The van der Waals surface area contributed by atoms with E-state index in [9.17, 15) is 4.79 Å². The number of hydrogen-bond acceptors (Lipinski definition) is 2. The number of aromatic nitrogens is 1. The minimum atomic E-state index is -0.390. The number of pyridine rings is 1. The molecule has 92 valence electrons. The van der Waals surface area contributed by atoms with E-state index in [4.69, 9.17) is 23.2 Å². The lowest BCUT2D eigenvalue weighted by Crippen LogP contribution is -2.11. The van der Waals surface area contributed by atoms with Crippen LogP contribution in [0.2, 0.25) is 5.02 Å². The maximum absolute atomic E-state index is 11.5. The SMILES string of the molecule is O=C(Cl)C(Cc1ccccn1)c1ccc(Cl)cc1. The largest absolute Gasteiger partial charge is 0.281 e.